The highest BCUT2D eigenvalue weighted by Crippen LogP contribution is 2.25. The molecule has 1 unspecified atom stereocenters. The quantitative estimate of drug-likeness (QED) is 0.915. The molecule has 1 atom stereocenters. The molecular weight excluding hydrogens is 266 g/mol. The Morgan fingerprint density at radius 3 is 2.76 bits per heavy atom. The molecule has 2 aromatic rings. The molecule has 1 aliphatic heterocycles. The van der Waals surface area contributed by atoms with Crippen molar-refractivity contribution in [3.8, 4) is 0 Å². The minimum Gasteiger partial charge on any atom is -0.369 e. The van der Waals surface area contributed by atoms with Gasteiger partial charge in [0.1, 0.15) is 11.6 Å². The fourth-order valence-corrected chi connectivity index (χ4v) is 3.00. The van der Waals surface area contributed by atoms with E-state index < -0.39 is 0 Å². The average molecular weight is 287 g/mol. The Labute approximate surface area is 124 Å². The number of rotatable bonds is 2. The van der Waals surface area contributed by atoms with E-state index in [4.69, 9.17) is 5.73 Å². The minimum atomic E-state index is -0.373. The summed E-state index contributed by atoms with van der Waals surface area (Å²) in [4.78, 5) is 23.3. The van der Waals surface area contributed by atoms with Crippen molar-refractivity contribution < 1.29 is 4.79 Å². The summed E-state index contributed by atoms with van der Waals surface area (Å²) < 4.78 is 1.75. The van der Waals surface area contributed by atoms with Crippen molar-refractivity contribution in [1.29, 1.82) is 0 Å². The van der Waals surface area contributed by atoms with Gasteiger partial charge in [0, 0.05) is 19.3 Å². The van der Waals surface area contributed by atoms with E-state index in [1.807, 2.05) is 24.8 Å². The lowest BCUT2D eigenvalue weighted by Gasteiger charge is -2.29. The zero-order chi connectivity index (χ0) is 15.0. The molecule has 2 aromatic heterocycles. The summed E-state index contributed by atoms with van der Waals surface area (Å²) in [6, 6.07) is 1.53. The van der Waals surface area contributed by atoms with Gasteiger partial charge in [-0.2, -0.15) is 0 Å². The van der Waals surface area contributed by atoms with Crippen molar-refractivity contribution in [3.05, 3.63) is 17.8 Å². The normalized spacial score (nSPS) is 17.1. The average Bonchev–Trinajstić information content (AvgIpc) is 2.84. The fourth-order valence-electron chi connectivity index (χ4n) is 3.00. The highest BCUT2D eigenvalue weighted by Gasteiger charge is 2.26. The first-order chi connectivity index (χ1) is 10.1. The second kappa shape index (κ2) is 5.35. The number of pyridine rings is 1. The Kier molecular flexibility index (Phi) is 3.53. The number of nitrogens with zero attached hydrogens (tertiary/aromatic N) is 4. The summed E-state index contributed by atoms with van der Waals surface area (Å²) >= 11 is 0. The maximum Gasteiger partial charge on any atom is 0.245 e. The van der Waals surface area contributed by atoms with Crippen LogP contribution in [0.1, 0.15) is 37.8 Å². The van der Waals surface area contributed by atoms with Crippen molar-refractivity contribution in [3.63, 3.8) is 0 Å². The second-order valence-electron chi connectivity index (χ2n) is 5.70. The highest BCUT2D eigenvalue weighted by atomic mass is 16.2. The Balaban J connectivity index is 1.97. The number of fused-ring (bicyclic) bond motifs is 1. The van der Waals surface area contributed by atoms with Gasteiger partial charge in [0.05, 0.1) is 0 Å². The Hall–Kier alpha value is -2.11. The first kappa shape index (κ1) is 13.9. The lowest BCUT2D eigenvalue weighted by molar-refractivity contribution is -0.135. The molecule has 0 spiro atoms. The highest BCUT2D eigenvalue weighted by molar-refractivity contribution is 5.85. The van der Waals surface area contributed by atoms with Crippen LogP contribution in [0.25, 0.3) is 11.2 Å². The van der Waals surface area contributed by atoms with Gasteiger partial charge in [-0.3, -0.25) is 9.36 Å². The smallest absolute Gasteiger partial charge is 0.245 e. The van der Waals surface area contributed by atoms with Gasteiger partial charge in [0.2, 0.25) is 11.9 Å². The van der Waals surface area contributed by atoms with E-state index in [9.17, 15) is 4.79 Å². The fraction of sp³-hybridized carbons (Fsp3) is 0.533. The van der Waals surface area contributed by atoms with Crippen LogP contribution in [0.4, 0.5) is 5.95 Å². The number of aromatic nitrogens is 3. The van der Waals surface area contributed by atoms with E-state index >= 15 is 0 Å². The van der Waals surface area contributed by atoms with Crippen molar-refractivity contribution >= 4 is 23.0 Å². The molecule has 1 saturated heterocycles. The van der Waals surface area contributed by atoms with Gasteiger partial charge in [-0.15, -0.1) is 0 Å². The van der Waals surface area contributed by atoms with Gasteiger partial charge >= 0.3 is 0 Å². The molecule has 6 heteroatoms. The number of imidazole rings is 1. The summed E-state index contributed by atoms with van der Waals surface area (Å²) in [5, 5.41) is 0. The molecular formula is C15H21N5O. The number of hydrogen-bond acceptors (Lipinski definition) is 4. The predicted octanol–water partition coefficient (Wildman–Crippen LogP) is 1.90. The summed E-state index contributed by atoms with van der Waals surface area (Å²) in [6.45, 7) is 5.51. The van der Waals surface area contributed by atoms with Crippen molar-refractivity contribution in [2.24, 2.45) is 0 Å². The zero-order valence-electron chi connectivity index (χ0n) is 12.5. The molecule has 0 aromatic carbocycles. The van der Waals surface area contributed by atoms with E-state index in [1.54, 1.807) is 10.8 Å². The third-order valence-electron chi connectivity index (χ3n) is 4.22. The third-order valence-corrected chi connectivity index (χ3v) is 4.22. The van der Waals surface area contributed by atoms with Crippen molar-refractivity contribution in [2.45, 2.75) is 39.2 Å². The Bertz CT molecular complexity index is 672. The third kappa shape index (κ3) is 2.34. The zero-order valence-corrected chi connectivity index (χ0v) is 12.5. The monoisotopic (exact) mass is 287 g/mol. The summed E-state index contributed by atoms with van der Waals surface area (Å²) in [6.07, 6.45) is 5.09. The summed E-state index contributed by atoms with van der Waals surface area (Å²) in [5.41, 5.74) is 8.51. The number of hydrogen-bond donors (Lipinski definition) is 1. The van der Waals surface area contributed by atoms with Gasteiger partial charge in [0.15, 0.2) is 5.65 Å². The maximum absolute atomic E-state index is 12.7. The molecule has 6 nitrogen and oxygen atoms in total. The maximum atomic E-state index is 12.7. The molecule has 3 rings (SSSR count). The van der Waals surface area contributed by atoms with E-state index in [2.05, 4.69) is 9.97 Å². The van der Waals surface area contributed by atoms with Crippen LogP contribution in [0.5, 0.6) is 0 Å². The number of likely N-dealkylation sites (tertiary alicyclic amines) is 1. The van der Waals surface area contributed by atoms with Crippen molar-refractivity contribution in [1.82, 2.24) is 19.4 Å². The lowest BCUT2D eigenvalue weighted by atomic mass is 10.1. The molecule has 0 radical (unpaired) electrons. The second-order valence-corrected chi connectivity index (χ2v) is 5.70. The number of carbonyl (C=O) groups excluding carboxylic acids is 1. The van der Waals surface area contributed by atoms with Gasteiger partial charge in [-0.05, 0) is 44.7 Å². The number of carbonyl (C=O) groups is 1. The number of aryl methyl sites for hydroxylation is 1. The van der Waals surface area contributed by atoms with Gasteiger partial charge in [0.25, 0.3) is 0 Å². The van der Waals surface area contributed by atoms with Crippen LogP contribution in [0.2, 0.25) is 0 Å². The first-order valence-electron chi connectivity index (χ1n) is 7.47. The van der Waals surface area contributed by atoms with Crippen LogP contribution in [0.15, 0.2) is 12.3 Å². The van der Waals surface area contributed by atoms with Crippen molar-refractivity contribution in [2.75, 3.05) is 18.8 Å². The molecule has 0 aliphatic carbocycles. The molecule has 3 heterocycles. The number of nitrogens with two attached hydrogens (primary N) is 1. The van der Waals surface area contributed by atoms with E-state index in [0.717, 1.165) is 37.0 Å². The number of amides is 1. The van der Waals surface area contributed by atoms with Gasteiger partial charge in [-0.1, -0.05) is 0 Å². The molecule has 2 N–H and O–H groups in total. The van der Waals surface area contributed by atoms with E-state index in [0.29, 0.717) is 11.6 Å². The molecule has 1 fully saturated rings. The first-order valence-corrected chi connectivity index (χ1v) is 7.47. The summed E-state index contributed by atoms with van der Waals surface area (Å²) in [5.74, 6) is 0.452. The van der Waals surface area contributed by atoms with E-state index in [-0.39, 0.29) is 11.9 Å². The number of anilines is 1. The van der Waals surface area contributed by atoms with Gasteiger partial charge < -0.3 is 10.6 Å². The minimum absolute atomic E-state index is 0.101. The van der Waals surface area contributed by atoms with Crippen LogP contribution in [-0.4, -0.2) is 38.4 Å². The van der Waals surface area contributed by atoms with Crippen LogP contribution >= 0.6 is 0 Å². The molecule has 21 heavy (non-hydrogen) atoms. The molecule has 0 bridgehead atoms. The molecule has 0 saturated carbocycles. The number of piperidine rings is 1. The molecule has 1 amide bonds. The van der Waals surface area contributed by atoms with Crippen LogP contribution in [0.3, 0.4) is 0 Å². The van der Waals surface area contributed by atoms with Crippen LogP contribution in [0, 0.1) is 6.92 Å². The lowest BCUT2D eigenvalue weighted by Crippen LogP contribution is -2.39. The summed E-state index contributed by atoms with van der Waals surface area (Å²) in [7, 11) is 0. The Morgan fingerprint density at radius 1 is 1.33 bits per heavy atom. The Morgan fingerprint density at radius 2 is 2.05 bits per heavy atom. The number of nitrogen functional groups attached to an aromatic ring is 1. The largest absolute Gasteiger partial charge is 0.369 e. The SMILES string of the molecule is Cc1ccnc2c1nc(N)n2C(C)C(=O)N1CCCCC1. The predicted molar refractivity (Wildman–Crippen MR) is 81.8 cm³/mol. The molecule has 112 valence electrons. The topological polar surface area (TPSA) is 77.0 Å². The van der Waals surface area contributed by atoms with Gasteiger partial charge in [-0.25, -0.2) is 9.97 Å². The standard InChI is InChI=1S/C15H21N5O/c1-10-6-7-17-13-12(10)18-15(16)20(13)11(2)14(21)19-8-4-3-5-9-19/h6-7,11H,3-5,8-9H2,1-2H3,(H2,16,18). The molecule has 1 aliphatic rings. The van der Waals surface area contributed by atoms with Crippen LogP contribution in [-0.2, 0) is 4.79 Å². The van der Waals surface area contributed by atoms with E-state index in [1.165, 1.54) is 6.42 Å². The van der Waals surface area contributed by atoms with Crippen LogP contribution < -0.4 is 5.73 Å².